The molecular weight excluding hydrogens is 258 g/mol. The lowest BCUT2D eigenvalue weighted by molar-refractivity contribution is 0.412. The van der Waals surface area contributed by atoms with Crippen LogP contribution in [-0.4, -0.2) is 17.3 Å². The van der Waals surface area contributed by atoms with Gasteiger partial charge in [-0.1, -0.05) is 6.07 Å². The number of anilines is 1. The van der Waals surface area contributed by atoms with Crippen molar-refractivity contribution >= 4 is 21.7 Å². The molecule has 0 aliphatic carbocycles. The Balaban J connectivity index is 2.47. The number of nitrogens with two attached hydrogens (primary N) is 1. The van der Waals surface area contributed by atoms with Gasteiger partial charge in [0.25, 0.3) is 0 Å². The minimum absolute atomic E-state index is 0.562. The van der Waals surface area contributed by atoms with Crippen molar-refractivity contribution in [2.24, 2.45) is 0 Å². The average molecular weight is 268 g/mol. The van der Waals surface area contributed by atoms with Crippen LogP contribution in [-0.2, 0) is 0 Å². The van der Waals surface area contributed by atoms with Crippen LogP contribution in [0.1, 0.15) is 0 Å². The zero-order valence-electron chi connectivity index (χ0n) is 8.12. The Morgan fingerprint density at radius 1 is 1.47 bits per heavy atom. The number of H-pyrrole nitrogens is 1. The van der Waals surface area contributed by atoms with Crippen LogP contribution >= 0.6 is 15.9 Å². The lowest BCUT2D eigenvalue weighted by Crippen LogP contribution is -1.89. The zero-order valence-corrected chi connectivity index (χ0v) is 9.71. The van der Waals surface area contributed by atoms with Gasteiger partial charge >= 0.3 is 0 Å². The van der Waals surface area contributed by atoms with E-state index in [1.165, 1.54) is 0 Å². The van der Waals surface area contributed by atoms with Crippen LogP contribution in [0.25, 0.3) is 11.1 Å². The molecule has 1 aromatic carbocycles. The van der Waals surface area contributed by atoms with Crippen LogP contribution in [0.3, 0.4) is 0 Å². The van der Waals surface area contributed by atoms with E-state index in [2.05, 4.69) is 26.1 Å². The first-order valence-corrected chi connectivity index (χ1v) is 5.14. The molecule has 3 N–H and O–H groups in total. The number of nitrogen functional groups attached to an aromatic ring is 1. The monoisotopic (exact) mass is 267 g/mol. The predicted molar refractivity (Wildman–Crippen MR) is 62.7 cm³/mol. The van der Waals surface area contributed by atoms with E-state index in [0.717, 1.165) is 21.3 Å². The summed E-state index contributed by atoms with van der Waals surface area (Å²) in [4.78, 5) is 0. The number of rotatable bonds is 2. The molecule has 0 fully saturated rings. The molecule has 1 heterocycles. The molecule has 0 aliphatic rings. The Kier molecular flexibility index (Phi) is 2.64. The Bertz CT molecular complexity index is 481. The molecule has 0 radical (unpaired) electrons. The van der Waals surface area contributed by atoms with Crippen molar-refractivity contribution in [3.8, 4) is 16.9 Å². The second kappa shape index (κ2) is 3.94. The lowest BCUT2D eigenvalue weighted by Gasteiger charge is -2.05. The van der Waals surface area contributed by atoms with Gasteiger partial charge < -0.3 is 10.5 Å². The number of aromatic amines is 1. The van der Waals surface area contributed by atoms with Gasteiger partial charge in [0.1, 0.15) is 11.6 Å². The van der Waals surface area contributed by atoms with Crippen LogP contribution in [0.2, 0.25) is 0 Å². The van der Waals surface area contributed by atoms with E-state index in [-0.39, 0.29) is 0 Å². The fraction of sp³-hybridized carbons (Fsp3) is 0.100. The molecule has 2 aromatic rings. The molecule has 0 amide bonds. The Morgan fingerprint density at radius 3 is 2.80 bits per heavy atom. The van der Waals surface area contributed by atoms with E-state index < -0.39 is 0 Å². The Morgan fingerprint density at radius 2 is 2.27 bits per heavy atom. The summed E-state index contributed by atoms with van der Waals surface area (Å²) in [5.41, 5.74) is 7.61. The van der Waals surface area contributed by atoms with Gasteiger partial charge in [0, 0.05) is 5.56 Å². The summed E-state index contributed by atoms with van der Waals surface area (Å²) >= 11 is 3.42. The second-order valence-corrected chi connectivity index (χ2v) is 3.90. The number of ether oxygens (including phenoxy) is 1. The Labute approximate surface area is 95.6 Å². The van der Waals surface area contributed by atoms with Crippen LogP contribution < -0.4 is 10.5 Å². The quantitative estimate of drug-likeness (QED) is 0.879. The molecule has 0 aliphatic heterocycles. The number of aromatic nitrogens is 2. The summed E-state index contributed by atoms with van der Waals surface area (Å²) in [7, 11) is 1.63. The number of methoxy groups -OCH3 is 1. The van der Waals surface area contributed by atoms with Crippen LogP contribution in [0, 0.1) is 0 Å². The van der Waals surface area contributed by atoms with Gasteiger partial charge in [0.15, 0.2) is 0 Å². The molecule has 0 bridgehead atoms. The van der Waals surface area contributed by atoms with Crippen molar-refractivity contribution in [2.75, 3.05) is 12.8 Å². The summed E-state index contributed by atoms with van der Waals surface area (Å²) in [5, 5.41) is 6.57. The molecule has 1 aromatic heterocycles. The standard InChI is InChI=1S/C10H10BrN3O/c1-15-9-3-2-6(4-8(9)11)7-5-13-14-10(7)12/h2-5H,1H3,(H3,12,13,14). The van der Waals surface area contributed by atoms with E-state index in [1.807, 2.05) is 18.2 Å². The van der Waals surface area contributed by atoms with E-state index in [1.54, 1.807) is 13.3 Å². The third-order valence-electron chi connectivity index (χ3n) is 2.13. The number of hydrogen-bond donors (Lipinski definition) is 2. The molecule has 5 heteroatoms. The molecule has 0 saturated heterocycles. The highest BCUT2D eigenvalue weighted by Gasteiger charge is 2.07. The molecule has 0 spiro atoms. The molecule has 4 nitrogen and oxygen atoms in total. The highest BCUT2D eigenvalue weighted by atomic mass is 79.9. The maximum atomic E-state index is 5.73. The SMILES string of the molecule is COc1ccc(-c2cn[nH]c2N)cc1Br. The van der Waals surface area contributed by atoms with Crippen LogP contribution in [0.15, 0.2) is 28.9 Å². The highest BCUT2D eigenvalue weighted by molar-refractivity contribution is 9.10. The fourth-order valence-corrected chi connectivity index (χ4v) is 1.90. The Hall–Kier alpha value is -1.49. The summed E-state index contributed by atoms with van der Waals surface area (Å²) in [6, 6.07) is 5.76. The zero-order chi connectivity index (χ0) is 10.8. The van der Waals surface area contributed by atoms with Gasteiger partial charge in [0.2, 0.25) is 0 Å². The maximum Gasteiger partial charge on any atom is 0.133 e. The summed E-state index contributed by atoms with van der Waals surface area (Å²) in [6.07, 6.45) is 1.70. The fourth-order valence-electron chi connectivity index (χ4n) is 1.36. The average Bonchev–Trinajstić information content (AvgIpc) is 2.64. The topological polar surface area (TPSA) is 63.9 Å². The summed E-state index contributed by atoms with van der Waals surface area (Å²) in [6.45, 7) is 0. The van der Waals surface area contributed by atoms with Gasteiger partial charge in [-0.25, -0.2) is 0 Å². The normalized spacial score (nSPS) is 10.3. The van der Waals surface area contributed by atoms with Gasteiger partial charge in [-0.3, -0.25) is 5.10 Å². The largest absolute Gasteiger partial charge is 0.496 e. The first kappa shape index (κ1) is 10.0. The molecule has 78 valence electrons. The van der Waals surface area contributed by atoms with Crippen LogP contribution in [0.5, 0.6) is 5.75 Å². The van der Waals surface area contributed by atoms with Crippen molar-refractivity contribution in [1.29, 1.82) is 0 Å². The predicted octanol–water partition coefficient (Wildman–Crippen LogP) is 2.43. The van der Waals surface area contributed by atoms with Gasteiger partial charge in [-0.2, -0.15) is 5.10 Å². The minimum Gasteiger partial charge on any atom is -0.496 e. The summed E-state index contributed by atoms with van der Waals surface area (Å²) < 4.78 is 6.04. The van der Waals surface area contributed by atoms with Gasteiger partial charge in [0.05, 0.1) is 17.8 Å². The van der Waals surface area contributed by atoms with E-state index in [4.69, 9.17) is 10.5 Å². The van der Waals surface area contributed by atoms with Crippen molar-refractivity contribution in [3.63, 3.8) is 0 Å². The van der Waals surface area contributed by atoms with E-state index in [0.29, 0.717) is 5.82 Å². The maximum absolute atomic E-state index is 5.73. The van der Waals surface area contributed by atoms with E-state index in [9.17, 15) is 0 Å². The smallest absolute Gasteiger partial charge is 0.133 e. The molecule has 0 unspecified atom stereocenters. The number of halogens is 1. The minimum atomic E-state index is 0.562. The third kappa shape index (κ3) is 1.83. The molecule has 2 rings (SSSR count). The highest BCUT2D eigenvalue weighted by Crippen LogP contribution is 2.31. The number of nitrogens with zero attached hydrogens (tertiary/aromatic N) is 1. The van der Waals surface area contributed by atoms with Gasteiger partial charge in [-0.15, -0.1) is 0 Å². The molecule has 15 heavy (non-hydrogen) atoms. The van der Waals surface area contributed by atoms with E-state index >= 15 is 0 Å². The lowest BCUT2D eigenvalue weighted by atomic mass is 10.1. The van der Waals surface area contributed by atoms with Crippen LogP contribution in [0.4, 0.5) is 5.82 Å². The third-order valence-corrected chi connectivity index (χ3v) is 2.75. The van der Waals surface area contributed by atoms with Crippen molar-refractivity contribution in [1.82, 2.24) is 10.2 Å². The van der Waals surface area contributed by atoms with Crippen molar-refractivity contribution in [2.45, 2.75) is 0 Å². The first-order valence-electron chi connectivity index (χ1n) is 4.35. The van der Waals surface area contributed by atoms with Gasteiger partial charge in [-0.05, 0) is 33.6 Å². The molecule has 0 saturated carbocycles. The molecule has 0 atom stereocenters. The first-order chi connectivity index (χ1) is 7.22. The van der Waals surface area contributed by atoms with Crippen molar-refractivity contribution < 1.29 is 4.74 Å². The van der Waals surface area contributed by atoms with Crippen molar-refractivity contribution in [3.05, 3.63) is 28.9 Å². The number of benzene rings is 1. The molecular formula is C10H10BrN3O. The second-order valence-electron chi connectivity index (χ2n) is 3.05. The summed E-state index contributed by atoms with van der Waals surface area (Å²) in [5.74, 6) is 1.35. The number of nitrogens with one attached hydrogen (secondary N) is 1. The number of hydrogen-bond acceptors (Lipinski definition) is 3.